The van der Waals surface area contributed by atoms with E-state index in [2.05, 4.69) is 32.0 Å². The summed E-state index contributed by atoms with van der Waals surface area (Å²) in [5, 5.41) is 9.73. The zero-order valence-corrected chi connectivity index (χ0v) is 21.1. The van der Waals surface area contributed by atoms with Crippen LogP contribution in [0.15, 0.2) is 48.5 Å². The molecule has 2 aliphatic heterocycles. The minimum Gasteiger partial charge on any atom is -0.492 e. The van der Waals surface area contributed by atoms with Crippen LogP contribution in [0.5, 0.6) is 17.2 Å². The van der Waals surface area contributed by atoms with Crippen molar-refractivity contribution < 1.29 is 28.8 Å². The van der Waals surface area contributed by atoms with Crippen molar-refractivity contribution in [1.29, 1.82) is 0 Å². The molecule has 1 N–H and O–H groups in total. The average molecular weight is 509 g/mol. The molecular weight excluding hydrogens is 480 g/mol. The number of aliphatic carboxylic acids is 1. The Morgan fingerprint density at radius 1 is 1.06 bits per heavy atom. The van der Waals surface area contributed by atoms with Gasteiger partial charge in [-0.05, 0) is 66.4 Å². The second-order valence-electron chi connectivity index (χ2n) is 9.44. The molecule has 3 aromatic rings. The summed E-state index contributed by atoms with van der Waals surface area (Å²) in [6, 6.07) is 15.7. The Morgan fingerprint density at radius 2 is 1.86 bits per heavy atom. The normalized spacial score (nSPS) is 18.5. The van der Waals surface area contributed by atoms with Crippen molar-refractivity contribution in [2.75, 3.05) is 19.8 Å². The molecule has 0 amide bonds. The summed E-state index contributed by atoms with van der Waals surface area (Å²) in [6.07, 6.45) is 1.08. The number of rotatable bonds is 8. The van der Waals surface area contributed by atoms with Crippen LogP contribution in [-0.4, -0.2) is 37.0 Å². The van der Waals surface area contributed by atoms with Crippen LogP contribution in [0.4, 0.5) is 0 Å². The molecule has 0 aliphatic carbocycles. The van der Waals surface area contributed by atoms with Gasteiger partial charge in [-0.3, -0.25) is 4.79 Å². The molecule has 0 unspecified atom stereocenters. The summed E-state index contributed by atoms with van der Waals surface area (Å²) < 4.78 is 23.3. The Bertz CT molecular complexity index is 1260. The van der Waals surface area contributed by atoms with Crippen LogP contribution in [0.2, 0.25) is 5.02 Å². The van der Waals surface area contributed by atoms with Crippen LogP contribution < -0.4 is 14.2 Å². The van der Waals surface area contributed by atoms with Gasteiger partial charge in [0.15, 0.2) is 0 Å². The van der Waals surface area contributed by atoms with E-state index in [-0.39, 0.29) is 18.4 Å². The molecule has 0 saturated carbocycles. The Hall–Kier alpha value is -3.22. The third-order valence-corrected chi connectivity index (χ3v) is 7.08. The highest BCUT2D eigenvalue weighted by Crippen LogP contribution is 2.39. The predicted octanol–water partition coefficient (Wildman–Crippen LogP) is 6.32. The molecule has 0 radical (unpaired) electrons. The highest BCUT2D eigenvalue weighted by molar-refractivity contribution is 6.31. The monoisotopic (exact) mass is 508 g/mol. The van der Waals surface area contributed by atoms with Crippen LogP contribution in [0.3, 0.4) is 0 Å². The second-order valence-corrected chi connectivity index (χ2v) is 9.84. The van der Waals surface area contributed by atoms with E-state index < -0.39 is 5.97 Å². The number of carboxylic acids is 1. The topological polar surface area (TPSA) is 74.2 Å². The van der Waals surface area contributed by atoms with Crippen molar-refractivity contribution >= 4 is 17.6 Å². The van der Waals surface area contributed by atoms with Gasteiger partial charge in [0.2, 0.25) is 0 Å². The summed E-state index contributed by atoms with van der Waals surface area (Å²) in [4.78, 5) is 11.1. The summed E-state index contributed by atoms with van der Waals surface area (Å²) in [6.45, 7) is 6.24. The molecule has 0 bridgehead atoms. The maximum absolute atomic E-state index is 11.1. The molecule has 0 spiro atoms. The lowest BCUT2D eigenvalue weighted by Crippen LogP contribution is -2.15. The number of carboxylic acid groups (broad SMARTS) is 1. The lowest BCUT2D eigenvalue weighted by molar-refractivity contribution is -0.137. The van der Waals surface area contributed by atoms with E-state index in [4.69, 9.17) is 35.7 Å². The fourth-order valence-electron chi connectivity index (χ4n) is 4.97. The first-order valence-electron chi connectivity index (χ1n) is 12.1. The number of aryl methyl sites for hydroxylation is 2. The van der Waals surface area contributed by atoms with Crippen LogP contribution in [-0.2, 0) is 16.1 Å². The number of carbonyl (C=O) groups is 1. The number of halogens is 1. The quantitative estimate of drug-likeness (QED) is 0.383. The summed E-state index contributed by atoms with van der Waals surface area (Å²) in [5.41, 5.74) is 6.26. The first kappa shape index (κ1) is 24.5. The Kier molecular flexibility index (Phi) is 7.08. The lowest BCUT2D eigenvalue weighted by atomic mass is 9.94. The van der Waals surface area contributed by atoms with E-state index in [1.54, 1.807) is 0 Å². The summed E-state index contributed by atoms with van der Waals surface area (Å²) in [7, 11) is 0. The molecule has 6 nitrogen and oxygen atoms in total. The SMILES string of the molecule is Cc1cc(O[C@H]2CCOC2)cc(C)c1-c1ccc(Cl)c(COc2ccc3c(c2)OC[C@H]3CC(=O)O)c1. The van der Waals surface area contributed by atoms with Gasteiger partial charge in [0, 0.05) is 34.6 Å². The molecule has 2 aliphatic rings. The van der Waals surface area contributed by atoms with Gasteiger partial charge in [-0.25, -0.2) is 0 Å². The maximum atomic E-state index is 11.1. The molecule has 188 valence electrons. The molecule has 2 atom stereocenters. The molecule has 1 saturated heterocycles. The Labute approximate surface area is 215 Å². The highest BCUT2D eigenvalue weighted by Gasteiger charge is 2.26. The van der Waals surface area contributed by atoms with Crippen molar-refractivity contribution in [2.24, 2.45) is 0 Å². The number of ether oxygens (including phenoxy) is 4. The average Bonchev–Trinajstić information content (AvgIpc) is 3.48. The third-order valence-electron chi connectivity index (χ3n) is 6.71. The van der Waals surface area contributed by atoms with Crippen LogP contribution in [0, 0.1) is 13.8 Å². The summed E-state index contributed by atoms with van der Waals surface area (Å²) in [5.74, 6) is 1.23. The van der Waals surface area contributed by atoms with E-state index in [1.807, 2.05) is 30.3 Å². The Morgan fingerprint density at radius 3 is 2.58 bits per heavy atom. The second kappa shape index (κ2) is 10.4. The maximum Gasteiger partial charge on any atom is 0.304 e. The molecule has 0 aromatic heterocycles. The van der Waals surface area contributed by atoms with E-state index in [1.165, 1.54) is 0 Å². The Balaban J connectivity index is 1.31. The van der Waals surface area contributed by atoms with Gasteiger partial charge in [0.05, 0.1) is 26.2 Å². The fourth-order valence-corrected chi connectivity index (χ4v) is 5.15. The minimum absolute atomic E-state index is 0.0521. The smallest absolute Gasteiger partial charge is 0.304 e. The lowest BCUT2D eigenvalue weighted by Gasteiger charge is -2.17. The van der Waals surface area contributed by atoms with E-state index in [0.29, 0.717) is 36.3 Å². The first-order valence-corrected chi connectivity index (χ1v) is 12.5. The van der Waals surface area contributed by atoms with Gasteiger partial charge in [0.1, 0.15) is 30.0 Å². The van der Waals surface area contributed by atoms with Crippen molar-refractivity contribution in [3.8, 4) is 28.4 Å². The van der Waals surface area contributed by atoms with Crippen molar-refractivity contribution in [1.82, 2.24) is 0 Å². The number of hydrogen-bond acceptors (Lipinski definition) is 5. The standard InChI is InChI=1S/C29H29ClO6/c1-17-9-24(36-23-7-8-33-16-23)10-18(2)29(17)19-3-6-26(30)21(11-19)15-34-22-4-5-25-20(12-28(31)32)14-35-27(25)13-22/h3-6,9-11,13,20,23H,7-8,12,14-16H2,1-2H3,(H,31,32)/t20-,23+/m1/s1. The van der Waals surface area contributed by atoms with Gasteiger partial charge in [0.25, 0.3) is 0 Å². The zero-order chi connectivity index (χ0) is 25.2. The van der Waals surface area contributed by atoms with Gasteiger partial charge in [-0.15, -0.1) is 0 Å². The highest BCUT2D eigenvalue weighted by atomic mass is 35.5. The molecule has 36 heavy (non-hydrogen) atoms. The van der Waals surface area contributed by atoms with Gasteiger partial charge in [-0.2, -0.15) is 0 Å². The predicted molar refractivity (Wildman–Crippen MR) is 137 cm³/mol. The molecule has 5 rings (SSSR count). The number of hydrogen-bond donors (Lipinski definition) is 1. The van der Waals surface area contributed by atoms with Crippen LogP contribution >= 0.6 is 11.6 Å². The minimum atomic E-state index is -0.831. The van der Waals surface area contributed by atoms with Crippen LogP contribution in [0.25, 0.3) is 11.1 Å². The van der Waals surface area contributed by atoms with Crippen molar-refractivity contribution in [3.63, 3.8) is 0 Å². The number of fused-ring (bicyclic) bond motifs is 1. The molecule has 2 heterocycles. The van der Waals surface area contributed by atoms with Crippen molar-refractivity contribution in [3.05, 3.63) is 75.8 Å². The zero-order valence-electron chi connectivity index (χ0n) is 20.4. The molecular formula is C29H29ClO6. The third kappa shape index (κ3) is 5.30. The van der Waals surface area contributed by atoms with E-state index in [0.717, 1.165) is 52.2 Å². The van der Waals surface area contributed by atoms with Crippen molar-refractivity contribution in [2.45, 2.75) is 45.3 Å². The van der Waals surface area contributed by atoms with Gasteiger partial charge < -0.3 is 24.1 Å². The first-order chi connectivity index (χ1) is 17.4. The molecule has 7 heteroatoms. The fraction of sp³-hybridized carbons (Fsp3) is 0.345. The summed E-state index contributed by atoms with van der Waals surface area (Å²) >= 11 is 6.52. The van der Waals surface area contributed by atoms with Gasteiger partial charge in [-0.1, -0.05) is 23.7 Å². The van der Waals surface area contributed by atoms with Gasteiger partial charge >= 0.3 is 5.97 Å². The molecule has 1 fully saturated rings. The van der Waals surface area contributed by atoms with Crippen LogP contribution in [0.1, 0.15) is 41.0 Å². The molecule has 3 aromatic carbocycles. The number of benzene rings is 3. The van der Waals surface area contributed by atoms with E-state index >= 15 is 0 Å². The van der Waals surface area contributed by atoms with E-state index in [9.17, 15) is 4.79 Å². The largest absolute Gasteiger partial charge is 0.492 e.